The Bertz CT molecular complexity index is 764. The van der Waals surface area contributed by atoms with Crippen LogP contribution >= 0.6 is 23.1 Å². The van der Waals surface area contributed by atoms with Gasteiger partial charge in [-0.3, -0.25) is 0 Å². The highest BCUT2D eigenvalue weighted by molar-refractivity contribution is 7.99. The van der Waals surface area contributed by atoms with Gasteiger partial charge in [-0.25, -0.2) is 4.98 Å². The molecule has 0 aliphatic carbocycles. The number of hydrogen-bond acceptors (Lipinski definition) is 4. The molecular weight excluding hydrogens is 308 g/mol. The van der Waals surface area contributed by atoms with E-state index in [1.165, 1.54) is 22.1 Å². The second kappa shape index (κ2) is 6.82. The molecule has 0 aliphatic heterocycles. The number of hydrogen-bond donors (Lipinski definition) is 0. The van der Waals surface area contributed by atoms with Gasteiger partial charge in [-0.05, 0) is 55.0 Å². The van der Waals surface area contributed by atoms with Crippen LogP contribution in [0.3, 0.4) is 0 Å². The van der Waals surface area contributed by atoms with E-state index >= 15 is 0 Å². The van der Waals surface area contributed by atoms with Gasteiger partial charge >= 0.3 is 0 Å². The van der Waals surface area contributed by atoms with Crippen LogP contribution in [-0.2, 0) is 0 Å². The third kappa shape index (κ3) is 3.19. The Labute approximate surface area is 140 Å². The monoisotopic (exact) mass is 328 g/mol. The van der Waals surface area contributed by atoms with E-state index < -0.39 is 0 Å². The summed E-state index contributed by atoms with van der Waals surface area (Å²) in [6.45, 7) is 3.27. The lowest BCUT2D eigenvalue weighted by atomic mass is 10.0. The molecule has 3 rings (SSSR count). The standard InChI is InChI=1S/C18H20N2S2/c1-13-15-6-4-5-7-16(15)19-18(22-11-9-20(2)3)17(13)14-8-10-21-12-14/h4-8,10,12H,9,11H2,1-3H3. The molecule has 2 heterocycles. The topological polar surface area (TPSA) is 16.1 Å². The fourth-order valence-electron chi connectivity index (χ4n) is 2.52. The van der Waals surface area contributed by atoms with Gasteiger partial charge in [0, 0.05) is 23.2 Å². The van der Waals surface area contributed by atoms with Crippen LogP contribution in [0.4, 0.5) is 0 Å². The first-order chi connectivity index (χ1) is 10.7. The maximum Gasteiger partial charge on any atom is 0.105 e. The number of pyridine rings is 1. The van der Waals surface area contributed by atoms with Crippen molar-refractivity contribution in [2.45, 2.75) is 11.9 Å². The van der Waals surface area contributed by atoms with Crippen LogP contribution in [0.25, 0.3) is 22.0 Å². The Morgan fingerprint density at radius 1 is 1.18 bits per heavy atom. The first-order valence-corrected chi connectivity index (χ1v) is 9.29. The molecule has 0 radical (unpaired) electrons. The first kappa shape index (κ1) is 15.5. The van der Waals surface area contributed by atoms with E-state index in [-0.39, 0.29) is 0 Å². The fraction of sp³-hybridized carbons (Fsp3) is 0.278. The molecule has 114 valence electrons. The molecule has 1 aromatic carbocycles. The number of aromatic nitrogens is 1. The highest BCUT2D eigenvalue weighted by Crippen LogP contribution is 2.37. The number of nitrogens with zero attached hydrogens (tertiary/aromatic N) is 2. The molecule has 0 unspecified atom stereocenters. The van der Waals surface area contributed by atoms with Crippen molar-refractivity contribution in [3.05, 3.63) is 46.7 Å². The lowest BCUT2D eigenvalue weighted by Crippen LogP contribution is -2.14. The molecule has 0 fully saturated rings. The molecule has 0 amide bonds. The van der Waals surface area contributed by atoms with Crippen molar-refractivity contribution >= 4 is 34.0 Å². The van der Waals surface area contributed by atoms with Crippen LogP contribution in [0.15, 0.2) is 46.1 Å². The van der Waals surface area contributed by atoms with Crippen LogP contribution in [0.2, 0.25) is 0 Å². The van der Waals surface area contributed by atoms with E-state index in [2.05, 4.69) is 67.0 Å². The Kier molecular flexibility index (Phi) is 4.81. The van der Waals surface area contributed by atoms with Gasteiger partial charge in [0.15, 0.2) is 0 Å². The van der Waals surface area contributed by atoms with Crippen molar-refractivity contribution in [3.63, 3.8) is 0 Å². The number of thiophene rings is 1. The highest BCUT2D eigenvalue weighted by atomic mass is 32.2. The predicted molar refractivity (Wildman–Crippen MR) is 99.1 cm³/mol. The number of aryl methyl sites for hydroxylation is 1. The molecule has 2 nitrogen and oxygen atoms in total. The average molecular weight is 329 g/mol. The molecule has 0 spiro atoms. The Hall–Kier alpha value is -1.36. The number of thioether (sulfide) groups is 1. The van der Waals surface area contributed by atoms with Crippen molar-refractivity contribution in [2.75, 3.05) is 26.4 Å². The maximum atomic E-state index is 4.94. The number of benzene rings is 1. The molecule has 4 heteroatoms. The van der Waals surface area contributed by atoms with Crippen LogP contribution in [0.5, 0.6) is 0 Å². The molecule has 3 aromatic rings. The minimum atomic E-state index is 1.05. The van der Waals surface area contributed by atoms with Gasteiger partial charge in [0.25, 0.3) is 0 Å². The van der Waals surface area contributed by atoms with Gasteiger partial charge in [0.1, 0.15) is 5.03 Å². The summed E-state index contributed by atoms with van der Waals surface area (Å²) in [5.41, 5.74) is 5.00. The molecule has 0 N–H and O–H groups in total. The molecule has 0 aliphatic rings. The third-order valence-corrected chi connectivity index (χ3v) is 5.34. The van der Waals surface area contributed by atoms with Crippen LogP contribution in [0, 0.1) is 6.92 Å². The number of rotatable bonds is 5. The van der Waals surface area contributed by atoms with Gasteiger partial charge in [0.05, 0.1) is 5.52 Å². The minimum absolute atomic E-state index is 1.05. The lowest BCUT2D eigenvalue weighted by molar-refractivity contribution is 0.437. The van der Waals surface area contributed by atoms with E-state index in [1.807, 2.05) is 11.8 Å². The summed E-state index contributed by atoms with van der Waals surface area (Å²) < 4.78 is 0. The SMILES string of the molecule is Cc1c(-c2ccsc2)c(SCCN(C)C)nc2ccccc12. The zero-order valence-corrected chi connectivity index (χ0v) is 14.8. The largest absolute Gasteiger partial charge is 0.309 e. The first-order valence-electron chi connectivity index (χ1n) is 7.36. The summed E-state index contributed by atoms with van der Waals surface area (Å²) in [4.78, 5) is 7.15. The van der Waals surface area contributed by atoms with Crippen LogP contribution in [-0.4, -0.2) is 36.3 Å². The molecule has 0 saturated heterocycles. The summed E-state index contributed by atoms with van der Waals surface area (Å²) >= 11 is 3.60. The van der Waals surface area contributed by atoms with E-state index in [0.29, 0.717) is 0 Å². The van der Waals surface area contributed by atoms with Gasteiger partial charge in [-0.15, -0.1) is 11.8 Å². The number of para-hydroxylation sites is 1. The Morgan fingerprint density at radius 3 is 2.73 bits per heavy atom. The second-order valence-corrected chi connectivity index (χ2v) is 7.46. The molecule has 0 bridgehead atoms. The summed E-state index contributed by atoms with van der Waals surface area (Å²) in [5, 5.41) is 6.75. The zero-order valence-electron chi connectivity index (χ0n) is 13.2. The van der Waals surface area contributed by atoms with Crippen molar-refractivity contribution in [1.82, 2.24) is 9.88 Å². The van der Waals surface area contributed by atoms with Crippen molar-refractivity contribution in [3.8, 4) is 11.1 Å². The van der Waals surface area contributed by atoms with E-state index in [9.17, 15) is 0 Å². The maximum absolute atomic E-state index is 4.94. The summed E-state index contributed by atoms with van der Waals surface area (Å²) in [6.07, 6.45) is 0. The minimum Gasteiger partial charge on any atom is -0.309 e. The average Bonchev–Trinajstić information content (AvgIpc) is 3.01. The third-order valence-electron chi connectivity index (χ3n) is 3.71. The summed E-state index contributed by atoms with van der Waals surface area (Å²) in [6, 6.07) is 10.6. The Balaban J connectivity index is 2.09. The summed E-state index contributed by atoms with van der Waals surface area (Å²) in [5.74, 6) is 1.05. The molecule has 2 aromatic heterocycles. The van der Waals surface area contributed by atoms with Gasteiger partial charge in [0.2, 0.25) is 0 Å². The second-order valence-electron chi connectivity index (χ2n) is 5.60. The normalized spacial score (nSPS) is 11.5. The molecular formula is C18H20N2S2. The zero-order chi connectivity index (χ0) is 15.5. The quantitative estimate of drug-likeness (QED) is 0.618. The van der Waals surface area contributed by atoms with Crippen molar-refractivity contribution < 1.29 is 0 Å². The van der Waals surface area contributed by atoms with Gasteiger partial charge in [-0.1, -0.05) is 18.2 Å². The predicted octanol–water partition coefficient (Wildman–Crippen LogP) is 4.93. The van der Waals surface area contributed by atoms with Gasteiger partial charge < -0.3 is 4.90 Å². The summed E-state index contributed by atoms with van der Waals surface area (Å²) in [7, 11) is 4.22. The number of fused-ring (bicyclic) bond motifs is 1. The fourth-order valence-corrected chi connectivity index (χ4v) is 4.40. The van der Waals surface area contributed by atoms with Crippen LogP contribution in [0.1, 0.15) is 5.56 Å². The van der Waals surface area contributed by atoms with Gasteiger partial charge in [-0.2, -0.15) is 11.3 Å². The molecule has 22 heavy (non-hydrogen) atoms. The smallest absolute Gasteiger partial charge is 0.105 e. The van der Waals surface area contributed by atoms with Crippen LogP contribution < -0.4 is 0 Å². The Morgan fingerprint density at radius 2 is 2.00 bits per heavy atom. The van der Waals surface area contributed by atoms with Crippen molar-refractivity contribution in [1.29, 1.82) is 0 Å². The molecule has 0 saturated carbocycles. The lowest BCUT2D eigenvalue weighted by Gasteiger charge is -2.15. The van der Waals surface area contributed by atoms with E-state index in [1.54, 1.807) is 11.3 Å². The van der Waals surface area contributed by atoms with Crippen molar-refractivity contribution in [2.24, 2.45) is 0 Å². The van der Waals surface area contributed by atoms with E-state index in [4.69, 9.17) is 4.98 Å². The molecule has 0 atom stereocenters. The van der Waals surface area contributed by atoms with E-state index in [0.717, 1.165) is 22.8 Å². The highest BCUT2D eigenvalue weighted by Gasteiger charge is 2.14.